The van der Waals surface area contributed by atoms with E-state index in [4.69, 9.17) is 10.6 Å². The van der Waals surface area contributed by atoms with Crippen LogP contribution in [0.25, 0.3) is 11.4 Å². The number of hydrogen-bond donors (Lipinski definition) is 1. The molecular weight excluding hydrogens is 393 g/mol. The third-order valence-electron chi connectivity index (χ3n) is 4.24. The third-order valence-corrected chi connectivity index (χ3v) is 5.17. The Morgan fingerprint density at radius 3 is 2.62 bits per heavy atom. The number of nitrogens with two attached hydrogens (primary N) is 1. The van der Waals surface area contributed by atoms with Gasteiger partial charge in [0.15, 0.2) is 5.82 Å². The first kappa shape index (κ1) is 20.8. The molecule has 0 saturated heterocycles. The van der Waals surface area contributed by atoms with Crippen molar-refractivity contribution in [3.63, 3.8) is 0 Å². The summed E-state index contributed by atoms with van der Waals surface area (Å²) in [6, 6.07) is 15.9. The van der Waals surface area contributed by atoms with Crippen molar-refractivity contribution in [3.05, 3.63) is 66.0 Å². The monoisotopic (exact) mass is 415 g/mol. The lowest BCUT2D eigenvalue weighted by Gasteiger charge is -2.22. The zero-order chi connectivity index (χ0) is 20.6. The van der Waals surface area contributed by atoms with Crippen LogP contribution in [0.1, 0.15) is 5.56 Å². The average molecular weight is 415 g/mol. The van der Waals surface area contributed by atoms with Gasteiger partial charge < -0.3 is 15.5 Å². The topological polar surface area (TPSA) is 86.3 Å². The summed E-state index contributed by atoms with van der Waals surface area (Å²) in [5.74, 6) is 5.85. The molecule has 29 heavy (non-hydrogen) atoms. The number of methoxy groups -OCH3 is 1. The van der Waals surface area contributed by atoms with Crippen molar-refractivity contribution in [2.45, 2.75) is 11.7 Å². The molecule has 0 spiro atoms. The maximum Gasteiger partial charge on any atom is 0.233 e. The molecule has 0 atom stereocenters. The van der Waals surface area contributed by atoms with Crippen LogP contribution in [-0.4, -0.2) is 51.7 Å². The van der Waals surface area contributed by atoms with Crippen molar-refractivity contribution in [1.82, 2.24) is 19.8 Å². The molecule has 9 heteroatoms. The Balaban J connectivity index is 1.67. The molecule has 1 aromatic heterocycles. The van der Waals surface area contributed by atoms with Gasteiger partial charge in [-0.15, -0.1) is 10.2 Å². The third kappa shape index (κ3) is 5.33. The lowest BCUT2D eigenvalue weighted by molar-refractivity contribution is -0.129. The van der Waals surface area contributed by atoms with E-state index in [2.05, 4.69) is 10.2 Å². The highest BCUT2D eigenvalue weighted by Crippen LogP contribution is 2.24. The Kier molecular flexibility index (Phi) is 7.20. The molecule has 0 aliphatic carbocycles. The number of rotatable bonds is 9. The molecule has 7 nitrogen and oxygen atoms in total. The lowest BCUT2D eigenvalue weighted by Crippen LogP contribution is -2.34. The van der Waals surface area contributed by atoms with E-state index in [0.29, 0.717) is 24.9 Å². The highest BCUT2D eigenvalue weighted by molar-refractivity contribution is 7.99. The summed E-state index contributed by atoms with van der Waals surface area (Å²) in [5, 5.41) is 8.30. The molecule has 0 aliphatic rings. The number of amides is 1. The highest BCUT2D eigenvalue weighted by Gasteiger charge is 2.19. The second-order valence-corrected chi connectivity index (χ2v) is 7.18. The summed E-state index contributed by atoms with van der Waals surface area (Å²) in [6.07, 6.45) is 0. The van der Waals surface area contributed by atoms with Crippen LogP contribution in [0.3, 0.4) is 0 Å². The molecule has 3 rings (SSSR count). The van der Waals surface area contributed by atoms with Crippen LogP contribution in [0.4, 0.5) is 4.39 Å². The van der Waals surface area contributed by atoms with E-state index in [1.807, 2.05) is 30.3 Å². The van der Waals surface area contributed by atoms with E-state index in [1.54, 1.807) is 30.2 Å². The average Bonchev–Trinajstić information content (AvgIpc) is 3.10. The van der Waals surface area contributed by atoms with Gasteiger partial charge in [0.25, 0.3) is 0 Å². The largest absolute Gasteiger partial charge is 0.383 e. The number of carbonyl (C=O) groups excluding carboxylic acids is 1. The summed E-state index contributed by atoms with van der Waals surface area (Å²) in [4.78, 5) is 14.5. The fraction of sp³-hybridized carbons (Fsp3) is 0.250. The number of halogens is 1. The maximum atomic E-state index is 14.0. The second kappa shape index (κ2) is 10.0. The summed E-state index contributed by atoms with van der Waals surface area (Å²) in [5.41, 5.74) is 1.29. The van der Waals surface area contributed by atoms with Gasteiger partial charge in [0, 0.05) is 20.2 Å². The fourth-order valence-electron chi connectivity index (χ4n) is 2.72. The minimum absolute atomic E-state index is 0.0775. The van der Waals surface area contributed by atoms with Crippen LogP contribution in [0.2, 0.25) is 0 Å². The first-order valence-corrected chi connectivity index (χ1v) is 9.97. The molecule has 0 unspecified atom stereocenters. The molecule has 0 saturated carbocycles. The summed E-state index contributed by atoms with van der Waals surface area (Å²) in [6.45, 7) is 1.40. The second-order valence-electron chi connectivity index (χ2n) is 6.24. The Hall–Kier alpha value is -2.91. The molecule has 0 radical (unpaired) electrons. The predicted octanol–water partition coefficient (Wildman–Crippen LogP) is 2.57. The minimum Gasteiger partial charge on any atom is -0.383 e. The lowest BCUT2D eigenvalue weighted by atomic mass is 10.2. The molecule has 2 N–H and O–H groups in total. The van der Waals surface area contributed by atoms with Crippen LogP contribution in [-0.2, 0) is 16.1 Å². The van der Waals surface area contributed by atoms with Crippen LogP contribution in [0.5, 0.6) is 0 Å². The van der Waals surface area contributed by atoms with Crippen molar-refractivity contribution >= 4 is 17.7 Å². The molecule has 1 heterocycles. The highest BCUT2D eigenvalue weighted by atomic mass is 32.2. The van der Waals surface area contributed by atoms with E-state index >= 15 is 0 Å². The normalized spacial score (nSPS) is 10.8. The standard InChI is InChI=1S/C20H22FN5O2S/c1-28-12-11-25(13-15-7-3-2-4-8-15)18(27)14-29-20-24-23-19(26(20)22)16-9-5-6-10-17(16)21/h2-10H,11-14,22H2,1H3. The maximum absolute atomic E-state index is 14.0. The molecule has 0 fully saturated rings. The van der Waals surface area contributed by atoms with E-state index in [-0.39, 0.29) is 23.0 Å². The van der Waals surface area contributed by atoms with Gasteiger partial charge in [0.05, 0.1) is 17.9 Å². The molecule has 1 amide bonds. The predicted molar refractivity (Wildman–Crippen MR) is 110 cm³/mol. The summed E-state index contributed by atoms with van der Waals surface area (Å²) >= 11 is 1.16. The van der Waals surface area contributed by atoms with Crippen LogP contribution >= 0.6 is 11.8 Å². The van der Waals surface area contributed by atoms with Gasteiger partial charge in [-0.25, -0.2) is 9.07 Å². The van der Waals surface area contributed by atoms with Crippen LogP contribution in [0, 0.1) is 5.82 Å². The number of nitrogen functional groups attached to an aromatic ring is 1. The van der Waals surface area contributed by atoms with Crippen molar-refractivity contribution in [1.29, 1.82) is 0 Å². The summed E-state index contributed by atoms with van der Waals surface area (Å²) in [7, 11) is 1.60. The Labute approximate surface area is 172 Å². The summed E-state index contributed by atoms with van der Waals surface area (Å²) < 4.78 is 20.3. The minimum atomic E-state index is -0.437. The zero-order valence-electron chi connectivity index (χ0n) is 16.0. The van der Waals surface area contributed by atoms with Crippen LogP contribution < -0.4 is 5.84 Å². The zero-order valence-corrected chi connectivity index (χ0v) is 16.8. The number of aromatic nitrogens is 3. The van der Waals surface area contributed by atoms with Crippen LogP contribution in [0.15, 0.2) is 59.8 Å². The van der Waals surface area contributed by atoms with Gasteiger partial charge in [-0.3, -0.25) is 4.79 Å². The molecular formula is C20H22FN5O2S. The van der Waals surface area contributed by atoms with E-state index in [0.717, 1.165) is 17.3 Å². The molecule has 2 aromatic carbocycles. The fourth-order valence-corrected chi connectivity index (χ4v) is 3.48. The number of carbonyl (C=O) groups is 1. The van der Waals surface area contributed by atoms with Gasteiger partial charge >= 0.3 is 0 Å². The smallest absolute Gasteiger partial charge is 0.233 e. The first-order valence-electron chi connectivity index (χ1n) is 8.99. The molecule has 0 aliphatic heterocycles. The van der Waals surface area contributed by atoms with Crippen molar-refractivity contribution < 1.29 is 13.9 Å². The van der Waals surface area contributed by atoms with Gasteiger partial charge in [-0.1, -0.05) is 54.2 Å². The molecule has 0 bridgehead atoms. The first-order chi connectivity index (χ1) is 14.1. The SMILES string of the molecule is COCCN(Cc1ccccc1)C(=O)CSc1nnc(-c2ccccc2F)n1N. The number of ether oxygens (including phenoxy) is 1. The number of thioether (sulfide) groups is 1. The van der Waals surface area contributed by atoms with Crippen molar-refractivity contribution in [2.24, 2.45) is 0 Å². The quantitative estimate of drug-likeness (QED) is 0.427. The van der Waals surface area contributed by atoms with Gasteiger partial charge in [-0.05, 0) is 17.7 Å². The molecule has 3 aromatic rings. The van der Waals surface area contributed by atoms with E-state index in [1.165, 1.54) is 10.7 Å². The number of benzene rings is 2. The molecule has 152 valence electrons. The Bertz CT molecular complexity index is 951. The Morgan fingerprint density at radius 2 is 1.90 bits per heavy atom. The van der Waals surface area contributed by atoms with Gasteiger partial charge in [-0.2, -0.15) is 0 Å². The van der Waals surface area contributed by atoms with Crippen molar-refractivity contribution in [3.8, 4) is 11.4 Å². The van der Waals surface area contributed by atoms with E-state index in [9.17, 15) is 9.18 Å². The Morgan fingerprint density at radius 1 is 1.17 bits per heavy atom. The van der Waals surface area contributed by atoms with Crippen molar-refractivity contribution in [2.75, 3.05) is 31.9 Å². The van der Waals surface area contributed by atoms with Gasteiger partial charge in [0.1, 0.15) is 5.82 Å². The number of hydrogen-bond acceptors (Lipinski definition) is 6. The number of nitrogens with zero attached hydrogens (tertiary/aromatic N) is 4. The van der Waals surface area contributed by atoms with Gasteiger partial charge in [0.2, 0.25) is 11.1 Å². The van der Waals surface area contributed by atoms with E-state index < -0.39 is 5.82 Å².